The minimum atomic E-state index is -0.703. The smallest absolute Gasteiger partial charge is 0.123 e. The van der Waals surface area contributed by atoms with Crippen molar-refractivity contribution in [2.24, 2.45) is 0 Å². The van der Waals surface area contributed by atoms with Gasteiger partial charge in [0, 0.05) is 23.7 Å². The summed E-state index contributed by atoms with van der Waals surface area (Å²) in [5.41, 5.74) is 2.39. The molecule has 1 heterocycles. The second kappa shape index (κ2) is 5.67. The number of benzene rings is 1. The van der Waals surface area contributed by atoms with Crippen LogP contribution in [-0.4, -0.2) is 17.1 Å². The maximum absolute atomic E-state index is 13.3. The average Bonchev–Trinajstić information content (AvgIpc) is 2.74. The van der Waals surface area contributed by atoms with Gasteiger partial charge >= 0.3 is 0 Å². The molecule has 5 heteroatoms. The highest BCUT2D eigenvalue weighted by molar-refractivity contribution is 7.09. The summed E-state index contributed by atoms with van der Waals surface area (Å²) in [5.74, 6) is -0.336. The van der Waals surface area contributed by atoms with Crippen LogP contribution in [0.5, 0.6) is 0 Å². The van der Waals surface area contributed by atoms with Crippen molar-refractivity contribution in [2.45, 2.75) is 26.5 Å². The Hall–Kier alpha value is -1.46. The van der Waals surface area contributed by atoms with Gasteiger partial charge < -0.3 is 10.0 Å². The predicted molar refractivity (Wildman–Crippen MR) is 76.0 cm³/mol. The molecule has 19 heavy (non-hydrogen) atoms. The molecule has 3 nitrogen and oxygen atoms in total. The largest absolute Gasteiger partial charge is 0.389 e. The lowest BCUT2D eigenvalue weighted by Crippen LogP contribution is -2.19. The third kappa shape index (κ3) is 3.30. The fourth-order valence-corrected chi connectivity index (χ4v) is 2.62. The standard InChI is InChI=1S/C14H17FN2OS/c1-9(18)13-6-11(15)4-5-14(13)17(3)7-12-8-19-10(2)16-12/h4-6,8-9,18H,7H2,1-3H3/t9-/m0/s1. The Morgan fingerprint density at radius 1 is 1.47 bits per heavy atom. The molecule has 0 aliphatic rings. The normalized spacial score (nSPS) is 12.5. The summed E-state index contributed by atoms with van der Waals surface area (Å²) in [6, 6.07) is 4.48. The molecular formula is C14H17FN2OS. The van der Waals surface area contributed by atoms with Gasteiger partial charge in [-0.2, -0.15) is 0 Å². The number of hydrogen-bond donors (Lipinski definition) is 1. The van der Waals surface area contributed by atoms with Gasteiger partial charge in [-0.3, -0.25) is 0 Å². The molecule has 1 aromatic carbocycles. The van der Waals surface area contributed by atoms with Crippen LogP contribution in [0, 0.1) is 12.7 Å². The molecule has 1 atom stereocenters. The maximum atomic E-state index is 13.3. The van der Waals surface area contributed by atoms with Crippen LogP contribution in [0.2, 0.25) is 0 Å². The van der Waals surface area contributed by atoms with Crippen molar-refractivity contribution >= 4 is 17.0 Å². The molecule has 0 amide bonds. The SMILES string of the molecule is Cc1nc(CN(C)c2ccc(F)cc2[C@H](C)O)cs1. The third-order valence-corrected chi connectivity index (χ3v) is 3.74. The summed E-state index contributed by atoms with van der Waals surface area (Å²) in [7, 11) is 1.91. The van der Waals surface area contributed by atoms with Crippen molar-refractivity contribution in [2.75, 3.05) is 11.9 Å². The van der Waals surface area contributed by atoms with Gasteiger partial charge in [0.1, 0.15) is 5.82 Å². The maximum Gasteiger partial charge on any atom is 0.123 e. The van der Waals surface area contributed by atoms with Gasteiger partial charge in [-0.15, -0.1) is 11.3 Å². The second-order valence-electron chi connectivity index (χ2n) is 4.59. The zero-order valence-electron chi connectivity index (χ0n) is 11.2. The number of anilines is 1. The summed E-state index contributed by atoms with van der Waals surface area (Å²) in [6.07, 6.45) is -0.703. The van der Waals surface area contributed by atoms with Crippen LogP contribution >= 0.6 is 11.3 Å². The molecule has 1 N–H and O–H groups in total. The Morgan fingerprint density at radius 2 is 2.21 bits per heavy atom. The van der Waals surface area contributed by atoms with E-state index in [2.05, 4.69) is 4.98 Å². The van der Waals surface area contributed by atoms with Gasteiger partial charge in [0.25, 0.3) is 0 Å². The third-order valence-electron chi connectivity index (χ3n) is 2.92. The Kier molecular flexibility index (Phi) is 4.17. The van der Waals surface area contributed by atoms with Crippen molar-refractivity contribution in [3.63, 3.8) is 0 Å². The molecule has 0 aliphatic carbocycles. The summed E-state index contributed by atoms with van der Waals surface area (Å²) in [6.45, 7) is 4.24. The monoisotopic (exact) mass is 280 g/mol. The molecule has 102 valence electrons. The molecule has 0 bridgehead atoms. The van der Waals surface area contributed by atoms with Gasteiger partial charge in [-0.1, -0.05) is 0 Å². The number of nitrogens with zero attached hydrogens (tertiary/aromatic N) is 2. The van der Waals surface area contributed by atoms with E-state index in [-0.39, 0.29) is 5.82 Å². The van der Waals surface area contributed by atoms with E-state index in [1.165, 1.54) is 12.1 Å². The molecule has 0 spiro atoms. The van der Waals surface area contributed by atoms with E-state index < -0.39 is 6.10 Å². The number of aliphatic hydroxyl groups excluding tert-OH is 1. The van der Waals surface area contributed by atoms with E-state index in [0.29, 0.717) is 12.1 Å². The summed E-state index contributed by atoms with van der Waals surface area (Å²) in [5, 5.41) is 12.8. The lowest BCUT2D eigenvalue weighted by atomic mass is 10.1. The predicted octanol–water partition coefficient (Wildman–Crippen LogP) is 3.28. The van der Waals surface area contributed by atoms with Gasteiger partial charge in [-0.05, 0) is 32.0 Å². The van der Waals surface area contributed by atoms with Crippen LogP contribution in [0.4, 0.5) is 10.1 Å². The van der Waals surface area contributed by atoms with Gasteiger partial charge in [0.15, 0.2) is 0 Å². The molecule has 0 aliphatic heterocycles. The van der Waals surface area contributed by atoms with Crippen LogP contribution in [0.3, 0.4) is 0 Å². The first-order chi connectivity index (χ1) is 8.97. The molecule has 2 aromatic rings. The fourth-order valence-electron chi connectivity index (χ4n) is 2.02. The van der Waals surface area contributed by atoms with Gasteiger partial charge in [0.05, 0.1) is 23.4 Å². The van der Waals surface area contributed by atoms with Crippen molar-refractivity contribution in [3.8, 4) is 0 Å². The first-order valence-corrected chi connectivity index (χ1v) is 6.95. The zero-order valence-corrected chi connectivity index (χ0v) is 12.0. The van der Waals surface area contributed by atoms with Crippen LogP contribution in [-0.2, 0) is 6.54 Å². The molecule has 0 unspecified atom stereocenters. The lowest BCUT2D eigenvalue weighted by Gasteiger charge is -2.23. The van der Waals surface area contributed by atoms with Gasteiger partial charge in [-0.25, -0.2) is 9.37 Å². The topological polar surface area (TPSA) is 36.4 Å². The molecule has 2 rings (SSSR count). The van der Waals surface area contributed by atoms with Crippen LogP contribution in [0.25, 0.3) is 0 Å². The number of aliphatic hydroxyl groups is 1. The Labute approximate surface area is 116 Å². The zero-order chi connectivity index (χ0) is 14.0. The summed E-state index contributed by atoms with van der Waals surface area (Å²) < 4.78 is 13.3. The number of rotatable bonds is 4. The minimum Gasteiger partial charge on any atom is -0.389 e. The first kappa shape index (κ1) is 14.0. The van der Waals surface area contributed by atoms with Crippen LogP contribution in [0.15, 0.2) is 23.6 Å². The van der Waals surface area contributed by atoms with Crippen LogP contribution in [0.1, 0.15) is 29.3 Å². The molecular weight excluding hydrogens is 263 g/mol. The molecule has 0 radical (unpaired) electrons. The molecule has 0 fully saturated rings. The molecule has 0 saturated carbocycles. The van der Waals surface area contributed by atoms with Crippen molar-refractivity contribution in [1.82, 2.24) is 4.98 Å². The Balaban J connectivity index is 2.25. The molecule has 1 aromatic heterocycles. The lowest BCUT2D eigenvalue weighted by molar-refractivity contribution is 0.199. The van der Waals surface area contributed by atoms with Gasteiger partial charge in [0.2, 0.25) is 0 Å². The average molecular weight is 280 g/mol. The van der Waals surface area contributed by atoms with Crippen LogP contribution < -0.4 is 4.90 Å². The molecule has 0 saturated heterocycles. The van der Waals surface area contributed by atoms with E-state index in [9.17, 15) is 9.50 Å². The highest BCUT2D eigenvalue weighted by Gasteiger charge is 2.13. The number of halogens is 1. The first-order valence-electron chi connectivity index (χ1n) is 6.07. The number of aromatic nitrogens is 1. The quantitative estimate of drug-likeness (QED) is 0.933. The van der Waals surface area contributed by atoms with E-state index in [1.54, 1.807) is 24.3 Å². The minimum absolute atomic E-state index is 0.336. The number of thiazole rings is 1. The van der Waals surface area contributed by atoms with E-state index in [1.807, 2.05) is 24.3 Å². The van der Waals surface area contributed by atoms with E-state index >= 15 is 0 Å². The Morgan fingerprint density at radius 3 is 2.79 bits per heavy atom. The fraction of sp³-hybridized carbons (Fsp3) is 0.357. The van der Waals surface area contributed by atoms with Crippen molar-refractivity contribution in [1.29, 1.82) is 0 Å². The van der Waals surface area contributed by atoms with E-state index in [4.69, 9.17) is 0 Å². The number of hydrogen-bond acceptors (Lipinski definition) is 4. The van der Waals surface area contributed by atoms with Crippen molar-refractivity contribution < 1.29 is 9.50 Å². The number of aryl methyl sites for hydroxylation is 1. The highest BCUT2D eigenvalue weighted by atomic mass is 32.1. The van der Waals surface area contributed by atoms with Crippen molar-refractivity contribution in [3.05, 3.63) is 45.7 Å². The summed E-state index contributed by atoms with van der Waals surface area (Å²) >= 11 is 1.61. The van der Waals surface area contributed by atoms with E-state index in [0.717, 1.165) is 16.4 Å². The summed E-state index contributed by atoms with van der Waals surface area (Å²) in [4.78, 5) is 6.38. The second-order valence-corrected chi connectivity index (χ2v) is 5.66. The highest BCUT2D eigenvalue weighted by Crippen LogP contribution is 2.27. The Bertz CT molecular complexity index is 568.